The number of benzene rings is 1. The number of carbonyl (C=O) groups is 1. The Morgan fingerprint density at radius 1 is 1.38 bits per heavy atom. The maximum absolute atomic E-state index is 12.6. The topological polar surface area (TPSA) is 50.4 Å². The Kier molecular flexibility index (Phi) is 7.66. The molecule has 1 aromatic rings. The molecule has 0 saturated carbocycles. The Morgan fingerprint density at radius 3 is 2.67 bits per heavy atom. The normalized spacial score (nSPS) is 16.9. The van der Waals surface area contributed by atoms with Crippen molar-refractivity contribution < 1.29 is 9.53 Å². The highest BCUT2D eigenvalue weighted by molar-refractivity contribution is 9.10. The molecule has 1 aromatic carbocycles. The Hall–Kier alpha value is -0.620. The molecule has 0 radical (unpaired) electrons. The molecule has 0 atom stereocenters. The van der Waals surface area contributed by atoms with Crippen molar-refractivity contribution in [2.45, 2.75) is 19.4 Å². The van der Waals surface area contributed by atoms with Crippen LogP contribution in [0.1, 0.15) is 18.4 Å². The average Bonchev–Trinajstić information content (AvgIpc) is 2.47. The van der Waals surface area contributed by atoms with E-state index in [0.29, 0.717) is 13.2 Å². The number of carbonyl (C=O) groups excluding carboxylic acids is 1. The van der Waals surface area contributed by atoms with Crippen molar-refractivity contribution in [2.75, 3.05) is 26.8 Å². The number of methoxy groups -OCH3 is 1. The van der Waals surface area contributed by atoms with Gasteiger partial charge in [0.05, 0.1) is 12.0 Å². The average molecular weight is 378 g/mol. The molecule has 0 aliphatic carbocycles. The monoisotopic (exact) mass is 376 g/mol. The molecule has 0 aromatic heterocycles. The van der Waals surface area contributed by atoms with Crippen LogP contribution in [0.2, 0.25) is 0 Å². The number of hydrogen-bond acceptors (Lipinski definition) is 3. The third-order valence-corrected chi connectivity index (χ3v) is 4.63. The van der Waals surface area contributed by atoms with Gasteiger partial charge in [0.25, 0.3) is 0 Å². The Balaban J connectivity index is 0.00000220. The second-order valence-corrected chi connectivity index (χ2v) is 6.09. The highest BCUT2D eigenvalue weighted by Gasteiger charge is 2.39. The summed E-state index contributed by atoms with van der Waals surface area (Å²) >= 11 is 3.50. The molecule has 1 heterocycles. The summed E-state index contributed by atoms with van der Waals surface area (Å²) in [6, 6.07) is 7.93. The molecule has 1 fully saturated rings. The van der Waals surface area contributed by atoms with Gasteiger partial charge in [-0.3, -0.25) is 4.79 Å². The number of amides is 1. The first-order valence-corrected chi connectivity index (χ1v) is 7.69. The molecule has 1 saturated heterocycles. The fourth-order valence-corrected chi connectivity index (χ4v) is 3.05. The maximum Gasteiger partial charge on any atom is 0.228 e. The van der Waals surface area contributed by atoms with E-state index in [1.807, 2.05) is 24.3 Å². The number of rotatable bonds is 5. The van der Waals surface area contributed by atoms with Gasteiger partial charge in [0, 0.05) is 18.1 Å². The van der Waals surface area contributed by atoms with Gasteiger partial charge < -0.3 is 15.4 Å². The summed E-state index contributed by atoms with van der Waals surface area (Å²) in [5.74, 6) is 0.0941. The van der Waals surface area contributed by atoms with E-state index in [4.69, 9.17) is 4.74 Å². The number of halogens is 2. The van der Waals surface area contributed by atoms with Crippen molar-refractivity contribution >= 4 is 34.2 Å². The van der Waals surface area contributed by atoms with E-state index in [-0.39, 0.29) is 23.7 Å². The van der Waals surface area contributed by atoms with Crippen LogP contribution in [0.3, 0.4) is 0 Å². The predicted octanol–water partition coefficient (Wildman–Crippen LogP) is 2.50. The van der Waals surface area contributed by atoms with E-state index < -0.39 is 0 Å². The van der Waals surface area contributed by atoms with Crippen molar-refractivity contribution in [3.8, 4) is 0 Å². The number of hydrogen-bond donors (Lipinski definition) is 2. The fraction of sp³-hybridized carbons (Fsp3) is 0.533. The predicted molar refractivity (Wildman–Crippen MR) is 89.6 cm³/mol. The summed E-state index contributed by atoms with van der Waals surface area (Å²) in [7, 11) is 1.66. The van der Waals surface area contributed by atoms with E-state index in [1.165, 1.54) is 0 Å². The second-order valence-electron chi connectivity index (χ2n) is 5.24. The van der Waals surface area contributed by atoms with Crippen LogP contribution in [0, 0.1) is 5.41 Å². The Labute approximate surface area is 140 Å². The molecule has 21 heavy (non-hydrogen) atoms. The van der Waals surface area contributed by atoms with Gasteiger partial charge in [0.2, 0.25) is 5.91 Å². The van der Waals surface area contributed by atoms with Crippen molar-refractivity contribution in [1.82, 2.24) is 10.6 Å². The minimum absolute atomic E-state index is 0. The lowest BCUT2D eigenvalue weighted by Crippen LogP contribution is -2.50. The highest BCUT2D eigenvalue weighted by atomic mass is 79.9. The molecule has 1 amide bonds. The summed E-state index contributed by atoms with van der Waals surface area (Å²) in [4.78, 5) is 12.6. The van der Waals surface area contributed by atoms with Gasteiger partial charge in [-0.2, -0.15) is 0 Å². The highest BCUT2D eigenvalue weighted by Crippen LogP contribution is 2.29. The van der Waals surface area contributed by atoms with Crippen LogP contribution in [0.25, 0.3) is 0 Å². The largest absolute Gasteiger partial charge is 0.384 e. The maximum atomic E-state index is 12.6. The summed E-state index contributed by atoms with van der Waals surface area (Å²) in [6.45, 7) is 2.76. The smallest absolute Gasteiger partial charge is 0.228 e. The van der Waals surface area contributed by atoms with Crippen LogP contribution in [0.4, 0.5) is 0 Å². The summed E-state index contributed by atoms with van der Waals surface area (Å²) in [5.41, 5.74) is 0.698. The van der Waals surface area contributed by atoms with Crippen LogP contribution in [-0.4, -0.2) is 32.7 Å². The molecule has 118 valence electrons. The zero-order valence-corrected chi connectivity index (χ0v) is 14.6. The number of piperidine rings is 1. The SMILES string of the molecule is COCC1(C(=O)NCc2ccccc2Br)CCNCC1.Cl. The summed E-state index contributed by atoms with van der Waals surface area (Å²) < 4.78 is 6.30. The minimum atomic E-state index is -0.388. The lowest BCUT2D eigenvalue weighted by molar-refractivity contribution is -0.136. The molecule has 2 N–H and O–H groups in total. The lowest BCUT2D eigenvalue weighted by atomic mass is 9.78. The molecular weight excluding hydrogens is 356 g/mol. The Morgan fingerprint density at radius 2 is 2.05 bits per heavy atom. The molecule has 4 nitrogen and oxygen atoms in total. The quantitative estimate of drug-likeness (QED) is 0.829. The summed E-state index contributed by atoms with van der Waals surface area (Å²) in [6.07, 6.45) is 1.64. The first-order chi connectivity index (χ1) is 9.68. The van der Waals surface area contributed by atoms with Crippen LogP contribution in [0.5, 0.6) is 0 Å². The van der Waals surface area contributed by atoms with Gasteiger partial charge in [-0.25, -0.2) is 0 Å². The molecule has 2 rings (SSSR count). The molecule has 1 aliphatic rings. The van der Waals surface area contributed by atoms with E-state index in [2.05, 4.69) is 26.6 Å². The van der Waals surface area contributed by atoms with E-state index in [1.54, 1.807) is 7.11 Å². The standard InChI is InChI=1S/C15H21BrN2O2.ClH/c1-20-11-15(6-8-17-9-7-15)14(19)18-10-12-4-2-3-5-13(12)16;/h2-5,17H,6-11H2,1H3,(H,18,19);1H. The van der Waals surface area contributed by atoms with Gasteiger partial charge in [0.15, 0.2) is 0 Å². The van der Waals surface area contributed by atoms with Gasteiger partial charge >= 0.3 is 0 Å². The lowest BCUT2D eigenvalue weighted by Gasteiger charge is -2.35. The molecule has 1 aliphatic heterocycles. The zero-order valence-electron chi connectivity index (χ0n) is 12.2. The van der Waals surface area contributed by atoms with Crippen LogP contribution >= 0.6 is 28.3 Å². The van der Waals surface area contributed by atoms with Crippen molar-refractivity contribution in [3.05, 3.63) is 34.3 Å². The van der Waals surface area contributed by atoms with E-state index >= 15 is 0 Å². The number of ether oxygens (including phenoxy) is 1. The first-order valence-electron chi connectivity index (χ1n) is 6.89. The summed E-state index contributed by atoms with van der Waals surface area (Å²) in [5, 5.41) is 6.35. The van der Waals surface area contributed by atoms with E-state index in [0.717, 1.165) is 36.0 Å². The van der Waals surface area contributed by atoms with Gasteiger partial charge in [-0.1, -0.05) is 34.1 Å². The van der Waals surface area contributed by atoms with Crippen molar-refractivity contribution in [3.63, 3.8) is 0 Å². The fourth-order valence-electron chi connectivity index (χ4n) is 2.62. The molecule has 0 unspecified atom stereocenters. The number of nitrogens with one attached hydrogen (secondary N) is 2. The van der Waals surface area contributed by atoms with E-state index in [9.17, 15) is 4.79 Å². The van der Waals surface area contributed by atoms with Crippen LogP contribution in [0.15, 0.2) is 28.7 Å². The third kappa shape index (κ3) is 4.68. The van der Waals surface area contributed by atoms with Crippen molar-refractivity contribution in [1.29, 1.82) is 0 Å². The van der Waals surface area contributed by atoms with Gasteiger partial charge in [-0.05, 0) is 37.6 Å². The molecule has 6 heteroatoms. The van der Waals surface area contributed by atoms with Gasteiger partial charge in [0.1, 0.15) is 0 Å². The minimum Gasteiger partial charge on any atom is -0.384 e. The Bertz CT molecular complexity index is 459. The molecular formula is C15H22BrClN2O2. The van der Waals surface area contributed by atoms with Crippen LogP contribution in [-0.2, 0) is 16.1 Å². The molecule has 0 bridgehead atoms. The third-order valence-electron chi connectivity index (χ3n) is 3.86. The zero-order chi connectivity index (χ0) is 14.4. The second kappa shape index (κ2) is 8.73. The van der Waals surface area contributed by atoms with Gasteiger partial charge in [-0.15, -0.1) is 12.4 Å². The molecule has 0 spiro atoms. The first kappa shape index (κ1) is 18.4. The van der Waals surface area contributed by atoms with Crippen molar-refractivity contribution in [2.24, 2.45) is 5.41 Å². The van der Waals surface area contributed by atoms with Crippen LogP contribution < -0.4 is 10.6 Å².